The van der Waals surface area contributed by atoms with E-state index in [2.05, 4.69) is 0 Å². The van der Waals surface area contributed by atoms with Crippen LogP contribution in [0, 0.1) is 11.3 Å². The standard InChI is InChI=1S/C9H15F3O/c1-8(9(10,11)12)4-2-3-7(5-8)6-13/h7,13H,2-6H2,1H3. The molecule has 1 N–H and O–H groups in total. The molecule has 0 radical (unpaired) electrons. The van der Waals surface area contributed by atoms with Gasteiger partial charge in [-0.25, -0.2) is 0 Å². The third-order valence-electron chi connectivity index (χ3n) is 3.02. The van der Waals surface area contributed by atoms with Gasteiger partial charge in [0.05, 0.1) is 5.41 Å². The lowest BCUT2D eigenvalue weighted by Crippen LogP contribution is -2.40. The molecule has 4 heteroatoms. The first-order chi connectivity index (χ1) is 5.89. The van der Waals surface area contributed by atoms with Gasteiger partial charge in [-0.1, -0.05) is 13.3 Å². The predicted octanol–water partition coefficient (Wildman–Crippen LogP) is 2.74. The zero-order chi connectivity index (χ0) is 10.1. The van der Waals surface area contributed by atoms with E-state index < -0.39 is 11.6 Å². The van der Waals surface area contributed by atoms with Crippen LogP contribution in [0.3, 0.4) is 0 Å². The lowest BCUT2D eigenvalue weighted by atomic mass is 9.70. The lowest BCUT2D eigenvalue weighted by molar-refractivity contribution is -0.233. The highest BCUT2D eigenvalue weighted by Gasteiger charge is 2.52. The van der Waals surface area contributed by atoms with Crippen LogP contribution in [0.1, 0.15) is 32.6 Å². The molecule has 78 valence electrons. The Morgan fingerprint density at radius 3 is 2.54 bits per heavy atom. The van der Waals surface area contributed by atoms with E-state index in [1.807, 2.05) is 0 Å². The van der Waals surface area contributed by atoms with E-state index in [0.717, 1.165) is 6.42 Å². The summed E-state index contributed by atoms with van der Waals surface area (Å²) in [5.74, 6) is -0.166. The van der Waals surface area contributed by atoms with Crippen molar-refractivity contribution in [1.82, 2.24) is 0 Å². The second-order valence-electron chi connectivity index (χ2n) is 4.20. The van der Waals surface area contributed by atoms with Crippen molar-refractivity contribution in [3.05, 3.63) is 0 Å². The van der Waals surface area contributed by atoms with Crippen molar-refractivity contribution in [3.8, 4) is 0 Å². The Labute approximate surface area is 75.9 Å². The van der Waals surface area contributed by atoms with Crippen molar-refractivity contribution in [2.45, 2.75) is 38.8 Å². The van der Waals surface area contributed by atoms with E-state index >= 15 is 0 Å². The first-order valence-corrected chi connectivity index (χ1v) is 4.57. The van der Waals surface area contributed by atoms with Crippen LogP contribution in [0.4, 0.5) is 13.2 Å². The molecule has 0 saturated heterocycles. The minimum absolute atomic E-state index is 0.0764. The van der Waals surface area contributed by atoms with Gasteiger partial charge >= 0.3 is 6.18 Å². The smallest absolute Gasteiger partial charge is 0.394 e. The molecule has 1 fully saturated rings. The van der Waals surface area contributed by atoms with Gasteiger partial charge in [0.2, 0.25) is 0 Å². The summed E-state index contributed by atoms with van der Waals surface area (Å²) in [6.07, 6.45) is -2.55. The Morgan fingerprint density at radius 2 is 2.08 bits per heavy atom. The molecule has 1 saturated carbocycles. The van der Waals surface area contributed by atoms with E-state index in [-0.39, 0.29) is 25.4 Å². The summed E-state index contributed by atoms with van der Waals surface area (Å²) in [6, 6.07) is 0. The molecule has 0 heterocycles. The van der Waals surface area contributed by atoms with Crippen LogP contribution < -0.4 is 0 Å². The molecule has 0 spiro atoms. The van der Waals surface area contributed by atoms with Crippen LogP contribution in [-0.2, 0) is 0 Å². The van der Waals surface area contributed by atoms with E-state index in [1.54, 1.807) is 0 Å². The van der Waals surface area contributed by atoms with Gasteiger partial charge in [0.25, 0.3) is 0 Å². The molecule has 0 aromatic rings. The number of aliphatic hydroxyl groups is 1. The SMILES string of the molecule is CC1(C(F)(F)F)CCCC(CO)C1. The van der Waals surface area contributed by atoms with E-state index in [9.17, 15) is 13.2 Å². The molecule has 2 unspecified atom stereocenters. The second kappa shape index (κ2) is 3.48. The quantitative estimate of drug-likeness (QED) is 0.683. The van der Waals surface area contributed by atoms with Gasteiger partial charge in [0.1, 0.15) is 0 Å². The highest BCUT2D eigenvalue weighted by molar-refractivity contribution is 4.88. The molecule has 0 aromatic carbocycles. The second-order valence-corrected chi connectivity index (χ2v) is 4.20. The fraction of sp³-hybridized carbons (Fsp3) is 1.00. The molecular formula is C9H15F3O. The Balaban J connectivity index is 2.68. The molecule has 13 heavy (non-hydrogen) atoms. The molecule has 0 amide bonds. The van der Waals surface area contributed by atoms with Crippen LogP contribution in [0.15, 0.2) is 0 Å². The summed E-state index contributed by atoms with van der Waals surface area (Å²) in [5.41, 5.74) is -1.57. The van der Waals surface area contributed by atoms with Gasteiger partial charge in [-0.3, -0.25) is 0 Å². The highest BCUT2D eigenvalue weighted by Crippen LogP contribution is 2.49. The number of alkyl halides is 3. The number of aliphatic hydroxyl groups excluding tert-OH is 1. The van der Waals surface area contributed by atoms with Gasteiger partial charge in [-0.15, -0.1) is 0 Å². The summed E-state index contributed by atoms with van der Waals surface area (Å²) in [5, 5.41) is 8.82. The van der Waals surface area contributed by atoms with Gasteiger partial charge in [-0.2, -0.15) is 13.2 Å². The molecule has 1 rings (SSSR count). The normalized spacial score (nSPS) is 36.2. The first-order valence-electron chi connectivity index (χ1n) is 4.57. The minimum atomic E-state index is -4.12. The molecule has 1 nitrogen and oxygen atoms in total. The molecule has 2 atom stereocenters. The molecule has 0 aromatic heterocycles. The molecule has 1 aliphatic rings. The van der Waals surface area contributed by atoms with Crippen LogP contribution in [-0.4, -0.2) is 17.9 Å². The van der Waals surface area contributed by atoms with Gasteiger partial charge < -0.3 is 5.11 Å². The van der Waals surface area contributed by atoms with Crippen molar-refractivity contribution >= 4 is 0 Å². The van der Waals surface area contributed by atoms with Crippen molar-refractivity contribution in [2.24, 2.45) is 11.3 Å². The average Bonchev–Trinajstić information content (AvgIpc) is 2.02. The molecule has 1 aliphatic carbocycles. The average molecular weight is 196 g/mol. The summed E-state index contributed by atoms with van der Waals surface area (Å²) in [7, 11) is 0. The predicted molar refractivity (Wildman–Crippen MR) is 43.2 cm³/mol. The van der Waals surface area contributed by atoms with Crippen molar-refractivity contribution in [2.75, 3.05) is 6.61 Å². The Morgan fingerprint density at radius 1 is 1.46 bits per heavy atom. The minimum Gasteiger partial charge on any atom is -0.396 e. The monoisotopic (exact) mass is 196 g/mol. The zero-order valence-corrected chi connectivity index (χ0v) is 7.69. The fourth-order valence-electron chi connectivity index (χ4n) is 2.04. The Hall–Kier alpha value is -0.250. The van der Waals surface area contributed by atoms with Crippen molar-refractivity contribution < 1.29 is 18.3 Å². The summed E-state index contributed by atoms with van der Waals surface area (Å²) in [4.78, 5) is 0. The zero-order valence-electron chi connectivity index (χ0n) is 7.69. The van der Waals surface area contributed by atoms with Crippen LogP contribution in [0.25, 0.3) is 0 Å². The number of hydrogen-bond acceptors (Lipinski definition) is 1. The summed E-state index contributed by atoms with van der Waals surface area (Å²) < 4.78 is 37.7. The third-order valence-corrected chi connectivity index (χ3v) is 3.02. The lowest BCUT2D eigenvalue weighted by Gasteiger charge is -2.38. The topological polar surface area (TPSA) is 20.2 Å². The molecule has 0 aliphatic heterocycles. The van der Waals surface area contributed by atoms with Crippen LogP contribution in [0.2, 0.25) is 0 Å². The maximum absolute atomic E-state index is 12.6. The Bertz CT molecular complexity index is 178. The van der Waals surface area contributed by atoms with Crippen molar-refractivity contribution in [3.63, 3.8) is 0 Å². The maximum Gasteiger partial charge on any atom is 0.394 e. The number of halogens is 3. The maximum atomic E-state index is 12.6. The fourth-order valence-corrected chi connectivity index (χ4v) is 2.04. The van der Waals surface area contributed by atoms with Crippen LogP contribution >= 0.6 is 0 Å². The summed E-state index contributed by atoms with van der Waals surface area (Å²) in [6.45, 7) is 1.14. The van der Waals surface area contributed by atoms with Gasteiger partial charge in [0.15, 0.2) is 0 Å². The first kappa shape index (κ1) is 10.8. The third kappa shape index (κ3) is 2.16. The van der Waals surface area contributed by atoms with E-state index in [1.165, 1.54) is 6.92 Å². The van der Waals surface area contributed by atoms with E-state index in [4.69, 9.17) is 5.11 Å². The van der Waals surface area contributed by atoms with E-state index in [0.29, 0.717) is 6.42 Å². The van der Waals surface area contributed by atoms with Crippen LogP contribution in [0.5, 0.6) is 0 Å². The Kier molecular flexibility index (Phi) is 2.90. The molecule has 0 bridgehead atoms. The molecular weight excluding hydrogens is 181 g/mol. The van der Waals surface area contributed by atoms with Gasteiger partial charge in [0, 0.05) is 6.61 Å². The van der Waals surface area contributed by atoms with Crippen molar-refractivity contribution in [1.29, 1.82) is 0 Å². The number of rotatable bonds is 1. The van der Waals surface area contributed by atoms with Gasteiger partial charge in [-0.05, 0) is 25.2 Å². The summed E-state index contributed by atoms with van der Waals surface area (Å²) >= 11 is 0. The largest absolute Gasteiger partial charge is 0.396 e. The number of hydrogen-bond donors (Lipinski definition) is 1. The highest BCUT2D eigenvalue weighted by atomic mass is 19.4.